The van der Waals surface area contributed by atoms with Crippen LogP contribution in [0.15, 0.2) is 114 Å². The van der Waals surface area contributed by atoms with Gasteiger partial charge in [0.25, 0.3) is 5.56 Å². The molecule has 7 heteroatoms. The number of pyridine rings is 2. The third kappa shape index (κ3) is 4.32. The summed E-state index contributed by atoms with van der Waals surface area (Å²) in [4.78, 5) is 18.4. The molecule has 0 aliphatic carbocycles. The Bertz CT molecular complexity index is 1560. The minimum Gasteiger partial charge on any atom is -0.497 e. The monoisotopic (exact) mass is 495 g/mol. The Morgan fingerprint density at radius 3 is 2.08 bits per heavy atom. The SMILES string of the molecule is COc1ccc2cc(CP(=O)(c3ccccc3)c3ccccc3)n(N(C)c3ccccn3)c(=O)c2c1. The number of aromatic nitrogens is 2. The van der Waals surface area contributed by atoms with Gasteiger partial charge in [-0.25, -0.2) is 9.66 Å². The number of nitrogens with zero attached hydrogens (tertiary/aromatic N) is 3. The van der Waals surface area contributed by atoms with E-state index in [1.165, 1.54) is 0 Å². The summed E-state index contributed by atoms with van der Waals surface area (Å²) >= 11 is 0. The molecule has 0 N–H and O–H groups in total. The molecule has 6 nitrogen and oxygen atoms in total. The lowest BCUT2D eigenvalue weighted by molar-refractivity contribution is 0.415. The zero-order valence-electron chi connectivity index (χ0n) is 20.1. The summed E-state index contributed by atoms with van der Waals surface area (Å²) in [5, 5.41) is 4.46. The van der Waals surface area contributed by atoms with E-state index in [0.29, 0.717) is 22.6 Å². The van der Waals surface area contributed by atoms with Gasteiger partial charge < -0.3 is 9.30 Å². The first kappa shape index (κ1) is 23.6. The van der Waals surface area contributed by atoms with Crippen LogP contribution in [0.4, 0.5) is 5.82 Å². The van der Waals surface area contributed by atoms with Crippen LogP contribution in [0.3, 0.4) is 0 Å². The summed E-state index contributed by atoms with van der Waals surface area (Å²) in [7, 11) is 0.212. The van der Waals surface area contributed by atoms with Crippen molar-refractivity contribution in [2.45, 2.75) is 6.16 Å². The van der Waals surface area contributed by atoms with Crippen molar-refractivity contribution in [2.24, 2.45) is 0 Å². The van der Waals surface area contributed by atoms with Crippen LogP contribution in [0.2, 0.25) is 0 Å². The number of benzene rings is 3. The van der Waals surface area contributed by atoms with Crippen molar-refractivity contribution in [3.63, 3.8) is 0 Å². The number of fused-ring (bicyclic) bond motifs is 1. The van der Waals surface area contributed by atoms with E-state index in [9.17, 15) is 9.36 Å². The molecule has 0 saturated heterocycles. The van der Waals surface area contributed by atoms with Crippen LogP contribution >= 0.6 is 7.14 Å². The van der Waals surface area contributed by atoms with Crippen molar-refractivity contribution in [1.29, 1.82) is 0 Å². The molecule has 3 aromatic carbocycles. The van der Waals surface area contributed by atoms with E-state index in [1.807, 2.05) is 97.1 Å². The number of hydrogen-bond acceptors (Lipinski definition) is 5. The normalized spacial score (nSPS) is 11.4. The van der Waals surface area contributed by atoms with Crippen LogP contribution in [0.1, 0.15) is 5.69 Å². The van der Waals surface area contributed by atoms with Gasteiger partial charge in [-0.1, -0.05) is 72.8 Å². The average Bonchev–Trinajstić information content (AvgIpc) is 2.94. The summed E-state index contributed by atoms with van der Waals surface area (Å²) < 4.78 is 21.8. The van der Waals surface area contributed by atoms with Gasteiger partial charge in [0.05, 0.1) is 24.4 Å². The minimum atomic E-state index is -3.15. The Morgan fingerprint density at radius 2 is 1.50 bits per heavy atom. The predicted molar refractivity (Wildman–Crippen MR) is 146 cm³/mol. The molecule has 2 aromatic heterocycles. The lowest BCUT2D eigenvalue weighted by atomic mass is 10.1. The van der Waals surface area contributed by atoms with Crippen molar-refractivity contribution in [3.8, 4) is 5.75 Å². The second-order valence-corrected chi connectivity index (χ2v) is 11.3. The van der Waals surface area contributed by atoms with Gasteiger partial charge in [0.15, 0.2) is 0 Å². The molecule has 0 unspecified atom stereocenters. The van der Waals surface area contributed by atoms with Crippen LogP contribution in [-0.4, -0.2) is 23.8 Å². The Kier molecular flexibility index (Phi) is 6.45. The van der Waals surface area contributed by atoms with Crippen LogP contribution in [-0.2, 0) is 10.7 Å². The molecule has 0 amide bonds. The zero-order valence-corrected chi connectivity index (χ0v) is 21.0. The molecular formula is C29H26N3O3P. The smallest absolute Gasteiger partial charge is 0.277 e. The molecule has 0 saturated carbocycles. The summed E-state index contributed by atoms with van der Waals surface area (Å²) in [6, 6.07) is 31.9. The Morgan fingerprint density at radius 1 is 0.861 bits per heavy atom. The lowest BCUT2D eigenvalue weighted by Gasteiger charge is -2.27. The third-order valence-corrected chi connectivity index (χ3v) is 9.32. The molecule has 36 heavy (non-hydrogen) atoms. The highest BCUT2D eigenvalue weighted by Crippen LogP contribution is 2.47. The number of ether oxygens (including phenoxy) is 1. The van der Waals surface area contributed by atoms with Crippen LogP contribution in [0.25, 0.3) is 10.8 Å². The maximum absolute atomic E-state index is 14.9. The zero-order chi connectivity index (χ0) is 25.1. The van der Waals surface area contributed by atoms with Gasteiger partial charge in [0, 0.05) is 23.9 Å². The average molecular weight is 496 g/mol. The third-order valence-electron chi connectivity index (χ3n) is 6.29. The minimum absolute atomic E-state index is 0.162. The molecule has 5 rings (SSSR count). The van der Waals surface area contributed by atoms with E-state index in [0.717, 1.165) is 16.0 Å². The first-order valence-corrected chi connectivity index (χ1v) is 13.5. The number of rotatable bonds is 7. The van der Waals surface area contributed by atoms with E-state index >= 15 is 0 Å². The fourth-order valence-corrected chi connectivity index (χ4v) is 7.10. The Labute approximate surface area is 209 Å². The van der Waals surface area contributed by atoms with Crippen molar-refractivity contribution < 1.29 is 9.30 Å². The van der Waals surface area contributed by atoms with E-state index in [2.05, 4.69) is 4.98 Å². The van der Waals surface area contributed by atoms with Crippen molar-refractivity contribution >= 4 is 34.3 Å². The van der Waals surface area contributed by atoms with Crippen molar-refractivity contribution in [1.82, 2.24) is 9.66 Å². The number of anilines is 1. The first-order chi connectivity index (χ1) is 17.5. The fraction of sp³-hybridized carbons (Fsp3) is 0.103. The fourth-order valence-electron chi connectivity index (χ4n) is 4.45. The topological polar surface area (TPSA) is 64.4 Å². The molecule has 0 aliphatic rings. The summed E-state index contributed by atoms with van der Waals surface area (Å²) in [5.41, 5.74) is 0.393. The van der Waals surface area contributed by atoms with Crippen LogP contribution in [0, 0.1) is 0 Å². The molecule has 0 spiro atoms. The van der Waals surface area contributed by atoms with E-state index < -0.39 is 7.14 Å². The van der Waals surface area contributed by atoms with E-state index in [-0.39, 0.29) is 11.7 Å². The summed E-state index contributed by atoms with van der Waals surface area (Å²) in [5.74, 6) is 1.19. The van der Waals surface area contributed by atoms with Gasteiger partial charge in [-0.3, -0.25) is 9.80 Å². The van der Waals surface area contributed by atoms with Gasteiger partial charge in [-0.2, -0.15) is 0 Å². The Hall–Kier alpha value is -4.15. The highest BCUT2D eigenvalue weighted by atomic mass is 31.2. The molecule has 0 radical (unpaired) electrons. The van der Waals surface area contributed by atoms with Gasteiger partial charge in [-0.05, 0) is 35.7 Å². The van der Waals surface area contributed by atoms with E-state index in [1.54, 1.807) is 36.1 Å². The second kappa shape index (κ2) is 9.84. The molecule has 2 heterocycles. The molecular weight excluding hydrogens is 469 g/mol. The number of hydrogen-bond donors (Lipinski definition) is 0. The van der Waals surface area contributed by atoms with Crippen molar-refractivity contribution in [2.75, 3.05) is 19.2 Å². The Balaban J connectivity index is 1.76. The van der Waals surface area contributed by atoms with Crippen LogP contribution in [0.5, 0.6) is 5.75 Å². The highest BCUT2D eigenvalue weighted by Gasteiger charge is 2.30. The van der Waals surface area contributed by atoms with Gasteiger partial charge in [0.1, 0.15) is 18.7 Å². The summed E-state index contributed by atoms with van der Waals surface area (Å²) in [6.45, 7) is 0. The standard InChI is InChI=1S/C29H26N3O3P/c1-31(28-15-9-10-18-30-28)32-23(19-22-16-17-24(35-2)20-27(22)29(32)33)21-36(34,25-11-5-3-6-12-25)26-13-7-4-8-14-26/h3-20H,21H2,1-2H3. The molecule has 180 valence electrons. The van der Waals surface area contributed by atoms with E-state index in [4.69, 9.17) is 4.74 Å². The maximum atomic E-state index is 14.9. The van der Waals surface area contributed by atoms with Gasteiger partial charge in [-0.15, -0.1) is 0 Å². The van der Waals surface area contributed by atoms with Crippen molar-refractivity contribution in [3.05, 3.63) is 125 Å². The maximum Gasteiger partial charge on any atom is 0.277 e. The lowest BCUT2D eigenvalue weighted by Crippen LogP contribution is -2.39. The highest BCUT2D eigenvalue weighted by molar-refractivity contribution is 7.78. The first-order valence-electron chi connectivity index (χ1n) is 11.6. The molecule has 0 fully saturated rings. The second-order valence-electron chi connectivity index (χ2n) is 8.49. The van der Waals surface area contributed by atoms with Crippen LogP contribution < -0.4 is 25.9 Å². The largest absolute Gasteiger partial charge is 0.497 e. The quantitative estimate of drug-likeness (QED) is 0.303. The molecule has 0 aliphatic heterocycles. The molecule has 0 atom stereocenters. The molecule has 0 bridgehead atoms. The number of methoxy groups -OCH3 is 1. The molecule has 5 aromatic rings. The predicted octanol–water partition coefficient (Wildman–Crippen LogP) is 4.82. The van der Waals surface area contributed by atoms with Gasteiger partial charge in [0.2, 0.25) is 0 Å². The summed E-state index contributed by atoms with van der Waals surface area (Å²) in [6.07, 6.45) is 1.84. The van der Waals surface area contributed by atoms with Gasteiger partial charge >= 0.3 is 0 Å².